The Kier molecular flexibility index (Phi) is 5.01. The van der Waals surface area contributed by atoms with E-state index in [-0.39, 0.29) is 11.7 Å². The quantitative estimate of drug-likeness (QED) is 0.840. The molecule has 0 amide bonds. The van der Waals surface area contributed by atoms with Crippen LogP contribution in [0, 0.1) is 11.8 Å². The summed E-state index contributed by atoms with van der Waals surface area (Å²) < 4.78 is 10.5. The Morgan fingerprint density at radius 1 is 1.15 bits per heavy atom. The van der Waals surface area contributed by atoms with Gasteiger partial charge in [-0.05, 0) is 37.4 Å². The van der Waals surface area contributed by atoms with Gasteiger partial charge >= 0.3 is 0 Å². The van der Waals surface area contributed by atoms with Crippen molar-refractivity contribution in [1.82, 2.24) is 0 Å². The Hall–Kier alpha value is -1.55. The maximum Gasteiger partial charge on any atom is 0.166 e. The van der Waals surface area contributed by atoms with Crippen LogP contribution in [0.4, 0.5) is 0 Å². The molecular formula is C16H23NO3. The number of nitrogens with two attached hydrogens (primary N) is 1. The number of methoxy groups -OCH3 is 2. The third kappa shape index (κ3) is 3.12. The Morgan fingerprint density at radius 2 is 1.75 bits per heavy atom. The number of ketones is 1. The second-order valence-corrected chi connectivity index (χ2v) is 5.35. The predicted octanol–water partition coefficient (Wildman–Crippen LogP) is 2.65. The number of benzene rings is 1. The average Bonchev–Trinajstić information content (AvgIpc) is 2.53. The topological polar surface area (TPSA) is 61.5 Å². The minimum atomic E-state index is 0.0329. The fourth-order valence-electron chi connectivity index (χ4n) is 3.00. The Labute approximate surface area is 120 Å². The molecule has 0 radical (unpaired) electrons. The van der Waals surface area contributed by atoms with Crippen LogP contribution in [0.3, 0.4) is 0 Å². The first-order chi connectivity index (χ1) is 9.69. The molecule has 0 aliphatic heterocycles. The lowest BCUT2D eigenvalue weighted by Crippen LogP contribution is -2.32. The van der Waals surface area contributed by atoms with Crippen molar-refractivity contribution in [1.29, 1.82) is 0 Å². The third-order valence-electron chi connectivity index (χ3n) is 4.18. The predicted molar refractivity (Wildman–Crippen MR) is 78.4 cm³/mol. The number of ether oxygens (including phenoxy) is 2. The monoisotopic (exact) mass is 277 g/mol. The summed E-state index contributed by atoms with van der Waals surface area (Å²) in [5.74, 6) is 1.79. The van der Waals surface area contributed by atoms with E-state index in [0.29, 0.717) is 29.5 Å². The molecule has 20 heavy (non-hydrogen) atoms. The summed E-state index contributed by atoms with van der Waals surface area (Å²) in [5.41, 5.74) is 6.48. The van der Waals surface area contributed by atoms with Crippen molar-refractivity contribution in [3.8, 4) is 11.5 Å². The van der Waals surface area contributed by atoms with E-state index in [2.05, 4.69) is 0 Å². The van der Waals surface area contributed by atoms with E-state index in [1.165, 1.54) is 6.42 Å². The van der Waals surface area contributed by atoms with Crippen molar-refractivity contribution >= 4 is 5.78 Å². The average molecular weight is 277 g/mol. The van der Waals surface area contributed by atoms with E-state index in [4.69, 9.17) is 15.2 Å². The largest absolute Gasteiger partial charge is 0.497 e. The van der Waals surface area contributed by atoms with Crippen molar-refractivity contribution in [3.05, 3.63) is 23.8 Å². The van der Waals surface area contributed by atoms with Gasteiger partial charge in [0.2, 0.25) is 0 Å². The molecule has 2 atom stereocenters. The summed E-state index contributed by atoms with van der Waals surface area (Å²) in [7, 11) is 3.18. The van der Waals surface area contributed by atoms with E-state index >= 15 is 0 Å². The minimum absolute atomic E-state index is 0.0329. The lowest BCUT2D eigenvalue weighted by Gasteiger charge is -2.29. The van der Waals surface area contributed by atoms with Gasteiger partial charge in [0.05, 0.1) is 14.2 Å². The molecule has 2 rings (SSSR count). The van der Waals surface area contributed by atoms with Gasteiger partial charge in [0.15, 0.2) is 5.78 Å². The third-order valence-corrected chi connectivity index (χ3v) is 4.18. The molecule has 1 aromatic rings. The second kappa shape index (κ2) is 6.75. The molecule has 1 aliphatic rings. The summed E-state index contributed by atoms with van der Waals surface area (Å²) in [6.07, 6.45) is 4.26. The molecule has 0 aromatic heterocycles. The van der Waals surface area contributed by atoms with E-state index in [1.807, 2.05) is 0 Å². The van der Waals surface area contributed by atoms with E-state index in [9.17, 15) is 4.79 Å². The van der Waals surface area contributed by atoms with Crippen molar-refractivity contribution in [2.24, 2.45) is 17.6 Å². The number of carbonyl (C=O) groups is 1. The smallest absolute Gasteiger partial charge is 0.166 e. The lowest BCUT2D eigenvalue weighted by atomic mass is 9.75. The Bertz CT molecular complexity index is 451. The first-order valence-corrected chi connectivity index (χ1v) is 7.17. The van der Waals surface area contributed by atoms with Gasteiger partial charge in [-0.1, -0.05) is 12.8 Å². The molecule has 0 heterocycles. The molecule has 0 spiro atoms. The first kappa shape index (κ1) is 14.9. The Balaban J connectivity index is 2.27. The summed E-state index contributed by atoms with van der Waals surface area (Å²) in [5, 5.41) is 0. The molecule has 1 aliphatic carbocycles. The zero-order valence-electron chi connectivity index (χ0n) is 12.2. The van der Waals surface area contributed by atoms with Crippen LogP contribution in [0.5, 0.6) is 11.5 Å². The number of carbonyl (C=O) groups excluding carboxylic acids is 1. The minimum Gasteiger partial charge on any atom is -0.497 e. The number of rotatable bonds is 5. The van der Waals surface area contributed by atoms with E-state index in [0.717, 1.165) is 19.3 Å². The van der Waals surface area contributed by atoms with Crippen LogP contribution < -0.4 is 15.2 Å². The molecule has 4 nitrogen and oxygen atoms in total. The molecule has 1 fully saturated rings. The Morgan fingerprint density at radius 3 is 2.30 bits per heavy atom. The zero-order valence-corrected chi connectivity index (χ0v) is 12.2. The molecule has 2 unspecified atom stereocenters. The zero-order chi connectivity index (χ0) is 14.5. The highest BCUT2D eigenvalue weighted by Crippen LogP contribution is 2.33. The van der Waals surface area contributed by atoms with Crippen molar-refractivity contribution in [3.63, 3.8) is 0 Å². The van der Waals surface area contributed by atoms with Crippen molar-refractivity contribution in [2.45, 2.75) is 25.7 Å². The lowest BCUT2D eigenvalue weighted by molar-refractivity contribution is 0.0829. The van der Waals surface area contributed by atoms with Crippen LogP contribution in [0.2, 0.25) is 0 Å². The SMILES string of the molecule is COc1cc(OC)cc(C(=O)C2CCCCC2CN)c1. The van der Waals surface area contributed by atoms with Gasteiger partial charge in [-0.2, -0.15) is 0 Å². The first-order valence-electron chi connectivity index (χ1n) is 7.17. The maximum atomic E-state index is 12.7. The molecular weight excluding hydrogens is 254 g/mol. The standard InChI is InChI=1S/C16H23NO3/c1-19-13-7-12(8-14(9-13)20-2)16(18)15-6-4-3-5-11(15)10-17/h7-9,11,15H,3-6,10,17H2,1-2H3. The van der Waals surface area contributed by atoms with Crippen LogP contribution in [-0.4, -0.2) is 26.5 Å². The fraction of sp³-hybridized carbons (Fsp3) is 0.562. The molecule has 1 saturated carbocycles. The molecule has 4 heteroatoms. The van der Waals surface area contributed by atoms with Gasteiger partial charge in [-0.15, -0.1) is 0 Å². The van der Waals surface area contributed by atoms with E-state index in [1.54, 1.807) is 32.4 Å². The highest BCUT2D eigenvalue weighted by molar-refractivity contribution is 5.98. The summed E-state index contributed by atoms with van der Waals surface area (Å²) >= 11 is 0. The van der Waals surface area contributed by atoms with Gasteiger partial charge in [-0.3, -0.25) is 4.79 Å². The molecule has 110 valence electrons. The van der Waals surface area contributed by atoms with Crippen LogP contribution in [0.15, 0.2) is 18.2 Å². The van der Waals surface area contributed by atoms with Gasteiger partial charge in [0.1, 0.15) is 11.5 Å². The summed E-state index contributed by atoms with van der Waals surface area (Å²) in [6.45, 7) is 0.581. The number of hydrogen-bond donors (Lipinski definition) is 1. The summed E-state index contributed by atoms with van der Waals surface area (Å²) in [6, 6.07) is 5.35. The molecule has 0 saturated heterocycles. The second-order valence-electron chi connectivity index (χ2n) is 5.35. The van der Waals surface area contributed by atoms with Crippen LogP contribution in [-0.2, 0) is 0 Å². The van der Waals surface area contributed by atoms with Crippen LogP contribution in [0.25, 0.3) is 0 Å². The highest BCUT2D eigenvalue weighted by Gasteiger charge is 2.30. The van der Waals surface area contributed by atoms with Gasteiger partial charge in [-0.25, -0.2) is 0 Å². The van der Waals surface area contributed by atoms with Gasteiger partial charge in [0, 0.05) is 17.5 Å². The van der Waals surface area contributed by atoms with Crippen LogP contribution in [0.1, 0.15) is 36.0 Å². The number of hydrogen-bond acceptors (Lipinski definition) is 4. The number of Topliss-reactive ketones (excluding diaryl/α,β-unsaturated/α-hetero) is 1. The van der Waals surface area contributed by atoms with Crippen LogP contribution >= 0.6 is 0 Å². The van der Waals surface area contributed by atoms with Gasteiger partial charge in [0.25, 0.3) is 0 Å². The van der Waals surface area contributed by atoms with Crippen molar-refractivity contribution in [2.75, 3.05) is 20.8 Å². The highest BCUT2D eigenvalue weighted by atomic mass is 16.5. The molecule has 0 bridgehead atoms. The van der Waals surface area contributed by atoms with E-state index < -0.39 is 0 Å². The fourth-order valence-corrected chi connectivity index (χ4v) is 3.00. The normalized spacial score (nSPS) is 22.4. The molecule has 1 aromatic carbocycles. The molecule has 2 N–H and O–H groups in total. The summed E-state index contributed by atoms with van der Waals surface area (Å²) in [4.78, 5) is 12.7. The van der Waals surface area contributed by atoms with Crippen molar-refractivity contribution < 1.29 is 14.3 Å². The maximum absolute atomic E-state index is 12.7. The van der Waals surface area contributed by atoms with Gasteiger partial charge < -0.3 is 15.2 Å².